The summed E-state index contributed by atoms with van der Waals surface area (Å²) in [5, 5.41) is 9.01. The van der Waals surface area contributed by atoms with Crippen LogP contribution in [0.3, 0.4) is 0 Å². The Bertz CT molecular complexity index is 571. The lowest BCUT2D eigenvalue weighted by atomic mass is 10.1. The molecule has 8 heteroatoms. The van der Waals surface area contributed by atoms with E-state index in [0.717, 1.165) is 11.5 Å². The van der Waals surface area contributed by atoms with Gasteiger partial charge in [-0.3, -0.25) is 9.79 Å². The standard InChI is InChI=1S/C18H30N4O3.HI/c1-13(25-15-9-7-14(24-6)8-10-15)11-20-17(19-5)21-12-16(23)22-18(2,3)4;/h7-10,13H,11-12H2,1-6H3,(H,22,23)(H2,19,20,21);1H. The van der Waals surface area contributed by atoms with Crippen molar-refractivity contribution in [1.29, 1.82) is 0 Å². The molecule has 0 aliphatic heterocycles. The number of benzene rings is 1. The molecule has 0 aromatic heterocycles. The first-order valence-corrected chi connectivity index (χ1v) is 8.29. The highest BCUT2D eigenvalue weighted by Gasteiger charge is 2.14. The SMILES string of the molecule is CN=C(NCC(=O)NC(C)(C)C)NCC(C)Oc1ccc(OC)cc1.I. The number of guanidine groups is 1. The third-order valence-electron chi connectivity index (χ3n) is 3.11. The number of aliphatic imine (C=N–C) groups is 1. The fraction of sp³-hybridized carbons (Fsp3) is 0.556. The monoisotopic (exact) mass is 478 g/mol. The second kappa shape index (κ2) is 11.8. The molecule has 3 N–H and O–H groups in total. The summed E-state index contributed by atoms with van der Waals surface area (Å²) in [4.78, 5) is 15.9. The van der Waals surface area contributed by atoms with Gasteiger partial charge in [-0.2, -0.15) is 0 Å². The molecule has 0 aliphatic carbocycles. The van der Waals surface area contributed by atoms with Crippen molar-refractivity contribution in [2.24, 2.45) is 4.99 Å². The van der Waals surface area contributed by atoms with E-state index >= 15 is 0 Å². The maximum Gasteiger partial charge on any atom is 0.239 e. The van der Waals surface area contributed by atoms with Crippen LogP contribution in [0.5, 0.6) is 11.5 Å². The van der Waals surface area contributed by atoms with Crippen molar-refractivity contribution in [2.45, 2.75) is 39.3 Å². The average Bonchev–Trinajstić information content (AvgIpc) is 2.54. The van der Waals surface area contributed by atoms with Crippen molar-refractivity contribution in [3.63, 3.8) is 0 Å². The van der Waals surface area contributed by atoms with Crippen LogP contribution >= 0.6 is 24.0 Å². The molecular formula is C18H31IN4O3. The van der Waals surface area contributed by atoms with Gasteiger partial charge in [0, 0.05) is 12.6 Å². The Balaban J connectivity index is 0.00000625. The van der Waals surface area contributed by atoms with Gasteiger partial charge in [0.2, 0.25) is 5.91 Å². The highest BCUT2D eigenvalue weighted by molar-refractivity contribution is 14.0. The zero-order chi connectivity index (χ0) is 18.9. The lowest BCUT2D eigenvalue weighted by molar-refractivity contribution is -0.121. The predicted octanol–water partition coefficient (Wildman–Crippen LogP) is 2.16. The Hall–Kier alpha value is -1.71. The number of rotatable bonds is 7. The first-order chi connectivity index (χ1) is 11.7. The van der Waals surface area contributed by atoms with Gasteiger partial charge in [-0.1, -0.05) is 0 Å². The Labute approximate surface area is 173 Å². The molecule has 1 amide bonds. The molecule has 0 fully saturated rings. The van der Waals surface area contributed by atoms with E-state index in [1.54, 1.807) is 14.2 Å². The van der Waals surface area contributed by atoms with Crippen molar-refractivity contribution in [1.82, 2.24) is 16.0 Å². The summed E-state index contributed by atoms with van der Waals surface area (Å²) in [6.45, 7) is 8.48. The summed E-state index contributed by atoms with van der Waals surface area (Å²) in [7, 11) is 3.29. The molecule has 0 spiro atoms. The summed E-state index contributed by atoms with van der Waals surface area (Å²) in [6.07, 6.45) is -0.0738. The van der Waals surface area contributed by atoms with Gasteiger partial charge in [0.05, 0.1) is 20.2 Å². The van der Waals surface area contributed by atoms with E-state index in [9.17, 15) is 4.79 Å². The number of amides is 1. The minimum Gasteiger partial charge on any atom is -0.497 e. The fourth-order valence-corrected chi connectivity index (χ4v) is 2.02. The van der Waals surface area contributed by atoms with Gasteiger partial charge in [0.25, 0.3) is 0 Å². The molecule has 7 nitrogen and oxygen atoms in total. The number of nitrogens with zero attached hydrogens (tertiary/aromatic N) is 1. The summed E-state index contributed by atoms with van der Waals surface area (Å²) in [5.41, 5.74) is -0.254. The van der Waals surface area contributed by atoms with Crippen LogP contribution in [0.1, 0.15) is 27.7 Å². The normalized spacial score (nSPS) is 12.5. The highest BCUT2D eigenvalue weighted by Crippen LogP contribution is 2.17. The van der Waals surface area contributed by atoms with Gasteiger partial charge in [0.15, 0.2) is 5.96 Å². The molecule has 1 aromatic carbocycles. The van der Waals surface area contributed by atoms with Crippen LogP contribution in [0.25, 0.3) is 0 Å². The second-order valence-corrected chi connectivity index (χ2v) is 6.71. The van der Waals surface area contributed by atoms with Crippen LogP contribution in [0.4, 0.5) is 0 Å². The average molecular weight is 478 g/mol. The number of nitrogens with one attached hydrogen (secondary N) is 3. The van der Waals surface area contributed by atoms with Gasteiger partial charge >= 0.3 is 0 Å². The van der Waals surface area contributed by atoms with Gasteiger partial charge in [0.1, 0.15) is 17.6 Å². The van der Waals surface area contributed by atoms with E-state index in [4.69, 9.17) is 9.47 Å². The first kappa shape index (κ1) is 24.3. The van der Waals surface area contributed by atoms with E-state index in [0.29, 0.717) is 12.5 Å². The maximum atomic E-state index is 11.8. The molecule has 1 aromatic rings. The predicted molar refractivity (Wildman–Crippen MR) is 116 cm³/mol. The number of halogens is 1. The van der Waals surface area contributed by atoms with Gasteiger partial charge in [-0.15, -0.1) is 24.0 Å². The van der Waals surface area contributed by atoms with Crippen molar-refractivity contribution < 1.29 is 14.3 Å². The highest BCUT2D eigenvalue weighted by atomic mass is 127. The molecule has 1 rings (SSSR count). The number of ether oxygens (including phenoxy) is 2. The van der Waals surface area contributed by atoms with Crippen molar-refractivity contribution in [3.8, 4) is 11.5 Å². The van der Waals surface area contributed by atoms with Crippen LogP contribution in [-0.2, 0) is 4.79 Å². The van der Waals surface area contributed by atoms with E-state index in [-0.39, 0.29) is 48.1 Å². The van der Waals surface area contributed by atoms with Crippen LogP contribution in [0.15, 0.2) is 29.3 Å². The number of hydrogen-bond acceptors (Lipinski definition) is 4. The molecule has 1 atom stereocenters. The van der Waals surface area contributed by atoms with Crippen LogP contribution in [-0.4, -0.2) is 50.8 Å². The molecule has 26 heavy (non-hydrogen) atoms. The number of carbonyl (C=O) groups excluding carboxylic acids is 1. The summed E-state index contributed by atoms with van der Waals surface area (Å²) < 4.78 is 10.9. The Morgan fingerprint density at radius 1 is 1.15 bits per heavy atom. The summed E-state index contributed by atoms with van der Waals surface area (Å²) in [6, 6.07) is 7.42. The molecule has 1 unspecified atom stereocenters. The Kier molecular flexibility index (Phi) is 11.0. The van der Waals surface area contributed by atoms with Gasteiger partial charge in [-0.05, 0) is 52.0 Å². The quantitative estimate of drug-likeness (QED) is 0.318. The van der Waals surface area contributed by atoms with Gasteiger partial charge < -0.3 is 25.4 Å². The number of hydrogen-bond donors (Lipinski definition) is 3. The third kappa shape index (κ3) is 10.3. The first-order valence-electron chi connectivity index (χ1n) is 8.29. The second-order valence-electron chi connectivity index (χ2n) is 6.71. The molecule has 0 bridgehead atoms. The van der Waals surface area contributed by atoms with Gasteiger partial charge in [-0.25, -0.2) is 0 Å². The molecule has 0 saturated carbocycles. The van der Waals surface area contributed by atoms with E-state index in [1.165, 1.54) is 0 Å². The van der Waals surface area contributed by atoms with Crippen molar-refractivity contribution >= 4 is 35.8 Å². The minimum absolute atomic E-state index is 0. The third-order valence-corrected chi connectivity index (χ3v) is 3.11. The summed E-state index contributed by atoms with van der Waals surface area (Å²) >= 11 is 0. The number of carbonyl (C=O) groups is 1. The van der Waals surface area contributed by atoms with E-state index < -0.39 is 0 Å². The zero-order valence-corrected chi connectivity index (χ0v) is 18.7. The molecule has 0 heterocycles. The van der Waals surface area contributed by atoms with Crippen molar-refractivity contribution in [3.05, 3.63) is 24.3 Å². The molecule has 148 valence electrons. The minimum atomic E-state index is -0.254. The maximum absolute atomic E-state index is 11.8. The van der Waals surface area contributed by atoms with Crippen LogP contribution in [0.2, 0.25) is 0 Å². The Morgan fingerprint density at radius 2 is 1.73 bits per heavy atom. The summed E-state index contributed by atoms with van der Waals surface area (Å²) in [5.74, 6) is 2.02. The van der Waals surface area contributed by atoms with Crippen molar-refractivity contribution in [2.75, 3.05) is 27.2 Å². The Morgan fingerprint density at radius 3 is 2.23 bits per heavy atom. The van der Waals surface area contributed by atoms with E-state index in [2.05, 4.69) is 20.9 Å². The molecule has 0 saturated heterocycles. The lowest BCUT2D eigenvalue weighted by Gasteiger charge is -2.21. The molecule has 0 radical (unpaired) electrons. The fourth-order valence-electron chi connectivity index (χ4n) is 2.02. The zero-order valence-electron chi connectivity index (χ0n) is 16.4. The lowest BCUT2D eigenvalue weighted by Crippen LogP contribution is -2.49. The van der Waals surface area contributed by atoms with Crippen LogP contribution in [0, 0.1) is 0 Å². The molecule has 0 aliphatic rings. The number of methoxy groups -OCH3 is 1. The largest absolute Gasteiger partial charge is 0.497 e. The molecular weight excluding hydrogens is 447 g/mol. The van der Waals surface area contributed by atoms with E-state index in [1.807, 2.05) is 52.0 Å². The smallest absolute Gasteiger partial charge is 0.239 e. The topological polar surface area (TPSA) is 84.0 Å². The van der Waals surface area contributed by atoms with Crippen LogP contribution < -0.4 is 25.4 Å².